The summed E-state index contributed by atoms with van der Waals surface area (Å²) in [5.41, 5.74) is 2.14. The molecule has 0 bridgehead atoms. The molecule has 0 radical (unpaired) electrons. The average Bonchev–Trinajstić information content (AvgIpc) is 3.12. The number of rotatable bonds is 5. The molecule has 0 spiro atoms. The quantitative estimate of drug-likeness (QED) is 0.472. The number of aryl methyl sites for hydroxylation is 1. The van der Waals surface area contributed by atoms with Crippen LogP contribution in [-0.2, 0) is 17.5 Å². The first-order valence-electron chi connectivity index (χ1n) is 9.31. The number of aromatic nitrogens is 4. The van der Waals surface area contributed by atoms with Crippen LogP contribution in [-0.4, -0.2) is 25.5 Å². The lowest BCUT2D eigenvalue weighted by Gasteiger charge is -2.15. The van der Waals surface area contributed by atoms with Crippen LogP contribution in [0.5, 0.6) is 0 Å². The van der Waals surface area contributed by atoms with E-state index in [0.717, 1.165) is 26.1 Å². The molecule has 2 aromatic heterocycles. The second-order valence-corrected chi connectivity index (χ2v) is 8.37. The largest absolute Gasteiger partial charge is 0.436 e. The highest BCUT2D eigenvalue weighted by Crippen LogP contribution is 2.36. The Balaban J connectivity index is 1.78. The number of nitrogens with zero attached hydrogens (tertiary/aromatic N) is 4. The van der Waals surface area contributed by atoms with Gasteiger partial charge in [-0.2, -0.15) is 23.4 Å². The van der Waals surface area contributed by atoms with Crippen LogP contribution in [0.4, 0.5) is 18.9 Å². The molecule has 3 aromatic rings. The van der Waals surface area contributed by atoms with Crippen LogP contribution in [0.2, 0.25) is 5.02 Å². The topological polar surface area (TPSA) is 64.7 Å². The van der Waals surface area contributed by atoms with Crippen LogP contribution >= 0.6 is 27.5 Å². The molecule has 6 nitrogen and oxygen atoms in total. The Labute approximate surface area is 190 Å². The molecule has 11 heteroatoms. The van der Waals surface area contributed by atoms with E-state index in [1.54, 1.807) is 18.2 Å². The van der Waals surface area contributed by atoms with Crippen LogP contribution in [0.15, 0.2) is 28.7 Å². The molecule has 0 saturated carbocycles. The Bertz CT molecular complexity index is 1140. The maximum Gasteiger partial charge on any atom is 0.436 e. The van der Waals surface area contributed by atoms with E-state index in [-0.39, 0.29) is 5.69 Å². The lowest BCUT2D eigenvalue weighted by Crippen LogP contribution is -2.25. The molecule has 1 atom stereocenters. The van der Waals surface area contributed by atoms with Crippen molar-refractivity contribution < 1.29 is 18.0 Å². The Hall–Kier alpha value is -2.33. The van der Waals surface area contributed by atoms with E-state index < -0.39 is 28.8 Å². The van der Waals surface area contributed by atoms with Gasteiger partial charge in [-0.05, 0) is 61.3 Å². The summed E-state index contributed by atoms with van der Waals surface area (Å²) in [6.07, 6.45) is -4.70. The van der Waals surface area contributed by atoms with Crippen LogP contribution in [0.1, 0.15) is 41.3 Å². The standard InChI is InChI=1S/C20H20BrClF3N5O/c1-10-16(21)11(2)29(27-10)9-14-6-5-7-15(8-14)26-19(31)13(4)30-12(3)17(22)18(28-30)20(23,24)25/h5-8,13H,9H2,1-4H3,(H,26,31). The maximum absolute atomic E-state index is 13.1. The first-order chi connectivity index (χ1) is 14.4. The van der Waals surface area contributed by atoms with Gasteiger partial charge in [0.2, 0.25) is 5.91 Å². The highest BCUT2D eigenvalue weighted by molar-refractivity contribution is 9.10. The number of benzene rings is 1. The van der Waals surface area contributed by atoms with Crippen molar-refractivity contribution in [2.24, 2.45) is 0 Å². The highest BCUT2D eigenvalue weighted by Gasteiger charge is 2.39. The van der Waals surface area contributed by atoms with E-state index in [4.69, 9.17) is 11.6 Å². The van der Waals surface area contributed by atoms with Gasteiger partial charge in [0.15, 0.2) is 5.69 Å². The molecule has 0 aliphatic carbocycles. The zero-order valence-corrected chi connectivity index (χ0v) is 19.5. The van der Waals surface area contributed by atoms with E-state index in [0.29, 0.717) is 12.2 Å². The minimum atomic E-state index is -4.70. The number of hydrogen-bond donors (Lipinski definition) is 1. The fourth-order valence-electron chi connectivity index (χ4n) is 3.16. The summed E-state index contributed by atoms with van der Waals surface area (Å²) in [6.45, 7) is 7.20. The molecular formula is C20H20BrClF3N5O. The van der Waals surface area contributed by atoms with Crippen molar-refractivity contribution in [1.82, 2.24) is 19.6 Å². The van der Waals surface area contributed by atoms with Gasteiger partial charge in [-0.1, -0.05) is 23.7 Å². The minimum absolute atomic E-state index is 0.0699. The summed E-state index contributed by atoms with van der Waals surface area (Å²) in [5.74, 6) is -0.512. The molecular weight excluding hydrogens is 499 g/mol. The second kappa shape index (κ2) is 8.66. The maximum atomic E-state index is 13.1. The summed E-state index contributed by atoms with van der Waals surface area (Å²) in [4.78, 5) is 12.7. The van der Waals surface area contributed by atoms with Gasteiger partial charge in [0.05, 0.1) is 33.1 Å². The SMILES string of the molecule is Cc1nn(Cc2cccc(NC(=O)C(C)n3nc(C(F)(F)F)c(Cl)c3C)c2)c(C)c1Br. The van der Waals surface area contributed by atoms with Crippen LogP contribution < -0.4 is 5.32 Å². The van der Waals surface area contributed by atoms with Crippen molar-refractivity contribution in [3.05, 3.63) is 62.1 Å². The number of carbonyl (C=O) groups excluding carboxylic acids is 1. The van der Waals surface area contributed by atoms with Crippen LogP contribution in [0, 0.1) is 20.8 Å². The molecule has 2 heterocycles. The van der Waals surface area contributed by atoms with Gasteiger partial charge in [0.1, 0.15) is 6.04 Å². The van der Waals surface area contributed by atoms with Gasteiger partial charge < -0.3 is 5.32 Å². The second-order valence-electron chi connectivity index (χ2n) is 7.20. The zero-order valence-electron chi connectivity index (χ0n) is 17.2. The summed E-state index contributed by atoms with van der Waals surface area (Å²) in [6, 6.07) is 6.18. The molecule has 0 aliphatic rings. The van der Waals surface area contributed by atoms with E-state index in [1.165, 1.54) is 13.8 Å². The normalized spacial score (nSPS) is 12.8. The predicted molar refractivity (Wildman–Crippen MR) is 115 cm³/mol. The first-order valence-corrected chi connectivity index (χ1v) is 10.5. The molecule has 0 saturated heterocycles. The number of halogens is 5. The summed E-state index contributed by atoms with van der Waals surface area (Å²) in [5, 5.41) is 10.2. The van der Waals surface area contributed by atoms with E-state index in [2.05, 4.69) is 31.4 Å². The van der Waals surface area contributed by atoms with Gasteiger partial charge >= 0.3 is 6.18 Å². The molecule has 1 amide bonds. The molecule has 31 heavy (non-hydrogen) atoms. The van der Waals surface area contributed by atoms with Crippen molar-refractivity contribution in [3.8, 4) is 0 Å². The summed E-state index contributed by atoms with van der Waals surface area (Å²) < 4.78 is 43.0. The third-order valence-electron chi connectivity index (χ3n) is 4.91. The molecule has 1 N–H and O–H groups in total. The fraction of sp³-hybridized carbons (Fsp3) is 0.350. The predicted octanol–water partition coefficient (Wildman–Crippen LogP) is 5.69. The number of anilines is 1. The Morgan fingerprint density at radius 3 is 2.45 bits per heavy atom. The van der Waals surface area contributed by atoms with E-state index >= 15 is 0 Å². The van der Waals surface area contributed by atoms with Crippen molar-refractivity contribution in [2.45, 2.75) is 46.5 Å². The molecule has 166 valence electrons. The van der Waals surface area contributed by atoms with Crippen molar-refractivity contribution in [2.75, 3.05) is 5.32 Å². The van der Waals surface area contributed by atoms with Gasteiger partial charge in [0.25, 0.3) is 0 Å². The van der Waals surface area contributed by atoms with Crippen LogP contribution in [0.25, 0.3) is 0 Å². The van der Waals surface area contributed by atoms with Gasteiger partial charge in [-0.15, -0.1) is 0 Å². The Kier molecular flexibility index (Phi) is 6.52. The van der Waals surface area contributed by atoms with Crippen LogP contribution in [0.3, 0.4) is 0 Å². The minimum Gasteiger partial charge on any atom is -0.324 e. The molecule has 3 rings (SSSR count). The number of carbonyl (C=O) groups is 1. The summed E-state index contributed by atoms with van der Waals surface area (Å²) >= 11 is 9.28. The molecule has 0 aliphatic heterocycles. The highest BCUT2D eigenvalue weighted by atomic mass is 79.9. The Morgan fingerprint density at radius 1 is 1.23 bits per heavy atom. The molecule has 1 unspecified atom stereocenters. The number of nitrogens with one attached hydrogen (secondary N) is 1. The lowest BCUT2D eigenvalue weighted by atomic mass is 10.2. The summed E-state index contributed by atoms with van der Waals surface area (Å²) in [7, 11) is 0. The average molecular weight is 519 g/mol. The van der Waals surface area contributed by atoms with Crippen molar-refractivity contribution in [3.63, 3.8) is 0 Å². The number of hydrogen-bond acceptors (Lipinski definition) is 3. The van der Waals surface area contributed by atoms with Gasteiger partial charge in [-0.25, -0.2) is 0 Å². The van der Waals surface area contributed by atoms with E-state index in [1.807, 2.05) is 24.6 Å². The van der Waals surface area contributed by atoms with E-state index in [9.17, 15) is 18.0 Å². The monoisotopic (exact) mass is 517 g/mol. The first kappa shape index (κ1) is 23.3. The third-order valence-corrected chi connectivity index (χ3v) is 6.51. The van der Waals surface area contributed by atoms with Crippen molar-refractivity contribution in [1.29, 1.82) is 0 Å². The third kappa shape index (κ3) is 4.79. The smallest absolute Gasteiger partial charge is 0.324 e. The van der Waals surface area contributed by atoms with Crippen molar-refractivity contribution >= 4 is 39.1 Å². The fourth-order valence-corrected chi connectivity index (χ4v) is 3.68. The zero-order chi connectivity index (χ0) is 23.1. The molecule has 1 aromatic carbocycles. The van der Waals surface area contributed by atoms with Gasteiger partial charge in [0, 0.05) is 5.69 Å². The Morgan fingerprint density at radius 2 is 1.90 bits per heavy atom. The molecule has 0 fully saturated rings. The number of alkyl halides is 3. The van der Waals surface area contributed by atoms with Gasteiger partial charge in [-0.3, -0.25) is 14.2 Å². The lowest BCUT2D eigenvalue weighted by molar-refractivity contribution is -0.141. The number of amides is 1.